The van der Waals surface area contributed by atoms with Gasteiger partial charge in [0.1, 0.15) is 11.6 Å². The predicted molar refractivity (Wildman–Crippen MR) is 133 cm³/mol. The molecule has 3 heterocycles. The van der Waals surface area contributed by atoms with E-state index in [9.17, 15) is 9.59 Å². The molecule has 1 aliphatic heterocycles. The number of hydrogen-bond acceptors (Lipinski definition) is 7. The van der Waals surface area contributed by atoms with Crippen LogP contribution in [-0.2, 0) is 16.0 Å². The monoisotopic (exact) mass is 496 g/mol. The fourth-order valence-electron chi connectivity index (χ4n) is 4.28. The van der Waals surface area contributed by atoms with E-state index in [1.165, 1.54) is 11.8 Å². The third kappa shape index (κ3) is 6.19. The summed E-state index contributed by atoms with van der Waals surface area (Å²) in [6.45, 7) is 5.83. The van der Waals surface area contributed by atoms with Gasteiger partial charge in [-0.3, -0.25) is 9.59 Å². The van der Waals surface area contributed by atoms with Crippen LogP contribution in [0.1, 0.15) is 47.6 Å². The van der Waals surface area contributed by atoms with E-state index < -0.39 is 17.6 Å². The second-order valence-corrected chi connectivity index (χ2v) is 10.1. The molecular weight excluding hydrogens is 467 g/mol. The van der Waals surface area contributed by atoms with Gasteiger partial charge in [-0.2, -0.15) is 0 Å². The highest BCUT2D eigenvalue weighted by Crippen LogP contribution is 2.30. The summed E-state index contributed by atoms with van der Waals surface area (Å²) in [7, 11) is 0. The van der Waals surface area contributed by atoms with Crippen LogP contribution in [0, 0.1) is 13.8 Å². The van der Waals surface area contributed by atoms with Crippen molar-refractivity contribution in [1.29, 1.82) is 0 Å². The van der Waals surface area contributed by atoms with E-state index in [1.807, 2.05) is 26.0 Å². The largest absolute Gasteiger partial charge is 0.338 e. The number of aromatic nitrogens is 3. The normalized spacial score (nSPS) is 15.9. The van der Waals surface area contributed by atoms with Gasteiger partial charge in [0.05, 0.1) is 0 Å². The maximum atomic E-state index is 15.9. The van der Waals surface area contributed by atoms with Crippen LogP contribution >= 0.6 is 11.3 Å². The van der Waals surface area contributed by atoms with Crippen molar-refractivity contribution in [2.45, 2.75) is 51.7 Å². The Kier molecular flexibility index (Phi) is 7.39. The summed E-state index contributed by atoms with van der Waals surface area (Å²) in [6.07, 6.45) is 2.79. The fraction of sp³-hybridized carbons (Fsp3) is 0.400. The molecule has 0 bridgehead atoms. The van der Waals surface area contributed by atoms with Gasteiger partial charge in [-0.15, -0.1) is 11.3 Å². The van der Waals surface area contributed by atoms with Gasteiger partial charge in [-0.05, 0) is 32.3 Å². The minimum Gasteiger partial charge on any atom is -0.338 e. The van der Waals surface area contributed by atoms with Crippen molar-refractivity contribution in [2.24, 2.45) is 0 Å². The van der Waals surface area contributed by atoms with Gasteiger partial charge in [0.25, 0.3) is 11.7 Å². The van der Waals surface area contributed by atoms with Crippen molar-refractivity contribution in [3.05, 3.63) is 64.6 Å². The number of likely N-dealkylation sites (tertiary alicyclic amines) is 1. The molecule has 0 radical (unpaired) electrons. The highest BCUT2D eigenvalue weighted by Gasteiger charge is 2.43. The average Bonchev–Trinajstić information content (AvgIpc) is 3.22. The number of carbonyl (C=O) groups is 2. The van der Waals surface area contributed by atoms with Crippen molar-refractivity contribution >= 4 is 34.1 Å². The molecule has 0 spiro atoms. The minimum atomic E-state index is -2.50. The lowest BCUT2D eigenvalue weighted by Gasteiger charge is -2.36. The number of nitrogens with zero attached hydrogens (tertiary/aromatic N) is 4. The first kappa shape index (κ1) is 24.7. The molecule has 2 N–H and O–H groups in total. The molecule has 1 aliphatic rings. The molecular formula is C25H29FN6O2S. The van der Waals surface area contributed by atoms with E-state index in [1.54, 1.807) is 41.8 Å². The molecule has 1 fully saturated rings. The summed E-state index contributed by atoms with van der Waals surface area (Å²) >= 11 is 1.55. The summed E-state index contributed by atoms with van der Waals surface area (Å²) in [4.78, 5) is 41.1. The van der Waals surface area contributed by atoms with E-state index in [-0.39, 0.29) is 12.3 Å². The molecule has 8 nitrogen and oxygen atoms in total. The number of anilines is 2. The molecule has 35 heavy (non-hydrogen) atoms. The first-order chi connectivity index (χ1) is 16.7. The molecule has 0 aliphatic carbocycles. The predicted octanol–water partition coefficient (Wildman–Crippen LogP) is 4.04. The summed E-state index contributed by atoms with van der Waals surface area (Å²) < 4.78 is 15.9. The lowest BCUT2D eigenvalue weighted by molar-refractivity contribution is -0.151. The number of hydrogen-bond donors (Lipinski definition) is 2. The topological polar surface area (TPSA) is 100 Å². The van der Waals surface area contributed by atoms with Gasteiger partial charge < -0.3 is 15.5 Å². The summed E-state index contributed by atoms with van der Waals surface area (Å²) in [6, 6.07) is 10.7. The minimum absolute atomic E-state index is 0.0430. The average molecular weight is 497 g/mol. The maximum absolute atomic E-state index is 15.9. The van der Waals surface area contributed by atoms with Gasteiger partial charge in [0, 0.05) is 55.2 Å². The number of nitrogens with one attached hydrogen (secondary N) is 2. The van der Waals surface area contributed by atoms with Crippen LogP contribution in [-0.4, -0.2) is 50.5 Å². The van der Waals surface area contributed by atoms with Crippen molar-refractivity contribution in [2.75, 3.05) is 18.4 Å². The molecule has 0 unspecified atom stereocenters. The van der Waals surface area contributed by atoms with Crippen molar-refractivity contribution < 1.29 is 14.0 Å². The lowest BCUT2D eigenvalue weighted by atomic mass is 9.94. The number of rotatable bonds is 7. The van der Waals surface area contributed by atoms with Crippen LogP contribution in [0.3, 0.4) is 0 Å². The number of thiazole rings is 1. The van der Waals surface area contributed by atoms with E-state index >= 15 is 4.39 Å². The molecule has 0 saturated carbocycles. The Morgan fingerprint density at radius 1 is 1.17 bits per heavy atom. The molecule has 3 aromatic rings. The summed E-state index contributed by atoms with van der Waals surface area (Å²) in [5.41, 5.74) is 1.47. The van der Waals surface area contributed by atoms with Crippen LogP contribution in [0.5, 0.6) is 0 Å². The zero-order valence-electron chi connectivity index (χ0n) is 20.0. The quantitative estimate of drug-likeness (QED) is 0.479. The van der Waals surface area contributed by atoms with Crippen molar-refractivity contribution in [3.8, 4) is 0 Å². The molecule has 4 rings (SSSR count). The van der Waals surface area contributed by atoms with E-state index in [0.717, 1.165) is 15.7 Å². The molecule has 1 atom stereocenters. The number of benzene rings is 1. The smallest absolute Gasteiger partial charge is 0.281 e. The number of alkyl halides is 1. The molecule has 10 heteroatoms. The first-order valence-corrected chi connectivity index (χ1v) is 12.4. The second-order valence-electron chi connectivity index (χ2n) is 8.87. The third-order valence-electron chi connectivity index (χ3n) is 5.88. The molecule has 2 aromatic heterocycles. The van der Waals surface area contributed by atoms with E-state index in [0.29, 0.717) is 43.1 Å². The van der Waals surface area contributed by atoms with Crippen LogP contribution in [0.15, 0.2) is 42.6 Å². The van der Waals surface area contributed by atoms with Gasteiger partial charge in [0.15, 0.2) is 5.13 Å². The Bertz CT molecular complexity index is 1200. The highest BCUT2D eigenvalue weighted by atomic mass is 32.1. The Balaban J connectivity index is 1.44. The van der Waals surface area contributed by atoms with Gasteiger partial charge in [-0.25, -0.2) is 19.3 Å². The summed E-state index contributed by atoms with van der Waals surface area (Å²) in [5.74, 6) is -2.39. The van der Waals surface area contributed by atoms with Gasteiger partial charge in [0.2, 0.25) is 5.91 Å². The number of amides is 2. The molecule has 2 amide bonds. The Morgan fingerprint density at radius 3 is 2.51 bits per heavy atom. The zero-order valence-corrected chi connectivity index (χ0v) is 20.9. The number of aryl methyl sites for hydroxylation is 2. The maximum Gasteiger partial charge on any atom is 0.281 e. The number of piperidine rings is 1. The van der Waals surface area contributed by atoms with Crippen molar-refractivity contribution in [1.82, 2.24) is 25.2 Å². The molecule has 1 saturated heterocycles. The Labute approximate surface area is 208 Å². The van der Waals surface area contributed by atoms with Crippen LogP contribution in [0.4, 0.5) is 15.3 Å². The van der Waals surface area contributed by atoms with Crippen LogP contribution in [0.2, 0.25) is 0 Å². The molecule has 1 aromatic carbocycles. The van der Waals surface area contributed by atoms with Gasteiger partial charge >= 0.3 is 0 Å². The Morgan fingerprint density at radius 2 is 1.89 bits per heavy atom. The second kappa shape index (κ2) is 10.5. The van der Waals surface area contributed by atoms with Crippen LogP contribution < -0.4 is 10.6 Å². The third-order valence-corrected chi connectivity index (χ3v) is 6.71. The van der Waals surface area contributed by atoms with E-state index in [2.05, 4.69) is 25.6 Å². The first-order valence-electron chi connectivity index (χ1n) is 11.6. The van der Waals surface area contributed by atoms with Crippen molar-refractivity contribution in [3.63, 3.8) is 0 Å². The SMILES string of the molecule is CC(=O)N[C@@](F)(Cc1ccccc1)C(=O)N1CCC(c2nc(C)cc(Nc3ncc(C)s3)n2)CC1. The fourth-order valence-corrected chi connectivity index (χ4v) is 4.95. The number of carbonyl (C=O) groups excluding carboxylic acids is 2. The lowest BCUT2D eigenvalue weighted by Crippen LogP contribution is -2.58. The summed E-state index contributed by atoms with van der Waals surface area (Å²) in [5, 5.41) is 6.25. The van der Waals surface area contributed by atoms with Gasteiger partial charge in [-0.1, -0.05) is 30.3 Å². The highest BCUT2D eigenvalue weighted by molar-refractivity contribution is 7.15. The standard InChI is InChI=1S/C25H29FN6O2S/c1-16-13-21(30-24-27-15-17(2)35-24)29-22(28-16)20-9-11-32(12-10-20)23(34)25(26,31-18(3)33)14-19-7-5-4-6-8-19/h4-8,13,15,20H,9-12,14H2,1-3H3,(H,31,33)(H,27,28,29,30)/t25-/m0/s1. The van der Waals surface area contributed by atoms with E-state index in [4.69, 9.17) is 0 Å². The zero-order chi connectivity index (χ0) is 25.0. The Hall–Kier alpha value is -3.40. The molecule has 184 valence electrons. The van der Waals surface area contributed by atoms with Crippen LogP contribution in [0.25, 0.3) is 0 Å². The number of halogens is 1.